The summed E-state index contributed by atoms with van der Waals surface area (Å²) in [5, 5.41) is 0. The maximum atomic E-state index is 11.6. The Bertz CT molecular complexity index is 1030. The van der Waals surface area contributed by atoms with E-state index in [4.69, 9.17) is 4.42 Å². The first-order valence-corrected chi connectivity index (χ1v) is 9.27. The molecule has 1 saturated heterocycles. The van der Waals surface area contributed by atoms with E-state index < -0.39 is 0 Å². The van der Waals surface area contributed by atoms with Gasteiger partial charge in [-0.15, -0.1) is 0 Å². The van der Waals surface area contributed by atoms with E-state index in [1.54, 1.807) is 7.05 Å². The Balaban J connectivity index is 1.34. The van der Waals surface area contributed by atoms with Crippen molar-refractivity contribution in [3.05, 3.63) is 64.3 Å². The number of hydrogen-bond donors (Lipinski definition) is 0. The summed E-state index contributed by atoms with van der Waals surface area (Å²) >= 11 is 0. The summed E-state index contributed by atoms with van der Waals surface area (Å²) in [6.45, 7) is 6.96. The van der Waals surface area contributed by atoms with Crippen molar-refractivity contribution >= 4 is 23.0 Å². The number of aryl methyl sites for hydroxylation is 2. The zero-order valence-electron chi connectivity index (χ0n) is 15.8. The van der Waals surface area contributed by atoms with Gasteiger partial charge in [-0.1, -0.05) is 24.3 Å². The maximum absolute atomic E-state index is 11.6. The molecule has 0 atom stereocenters. The summed E-state index contributed by atoms with van der Waals surface area (Å²) in [4.78, 5) is 21.0. The van der Waals surface area contributed by atoms with Gasteiger partial charge in [0.1, 0.15) is 5.82 Å². The number of hydrogen-bond acceptors (Lipinski definition) is 5. The van der Waals surface area contributed by atoms with Crippen molar-refractivity contribution < 1.29 is 4.42 Å². The van der Waals surface area contributed by atoms with Crippen LogP contribution in [0.25, 0.3) is 17.2 Å². The lowest BCUT2D eigenvalue weighted by Crippen LogP contribution is -2.46. The van der Waals surface area contributed by atoms with E-state index in [1.165, 1.54) is 4.57 Å². The lowest BCUT2D eigenvalue weighted by molar-refractivity contribution is 0.283. The molecule has 0 bridgehead atoms. The minimum atomic E-state index is -0.327. The van der Waals surface area contributed by atoms with Gasteiger partial charge >= 0.3 is 5.76 Å². The van der Waals surface area contributed by atoms with E-state index in [9.17, 15) is 4.79 Å². The van der Waals surface area contributed by atoms with Gasteiger partial charge in [-0.25, -0.2) is 9.78 Å². The highest BCUT2D eigenvalue weighted by Crippen LogP contribution is 2.16. The molecule has 0 N–H and O–H groups in total. The second kappa shape index (κ2) is 7.40. The highest BCUT2D eigenvalue weighted by Gasteiger charge is 2.17. The average molecular weight is 364 g/mol. The van der Waals surface area contributed by atoms with Crippen molar-refractivity contribution in [1.29, 1.82) is 0 Å². The van der Waals surface area contributed by atoms with E-state index in [-0.39, 0.29) is 5.76 Å². The van der Waals surface area contributed by atoms with Crippen LogP contribution in [0.1, 0.15) is 11.3 Å². The molecule has 1 fully saturated rings. The summed E-state index contributed by atoms with van der Waals surface area (Å²) in [6, 6.07) is 12.0. The average Bonchev–Trinajstić information content (AvgIpc) is 2.96. The minimum Gasteiger partial charge on any atom is -0.408 e. The van der Waals surface area contributed by atoms with Gasteiger partial charge in [0.2, 0.25) is 0 Å². The summed E-state index contributed by atoms with van der Waals surface area (Å²) < 4.78 is 6.77. The maximum Gasteiger partial charge on any atom is 0.419 e. The van der Waals surface area contributed by atoms with Crippen molar-refractivity contribution in [3.8, 4) is 0 Å². The molecule has 0 aliphatic carbocycles. The summed E-state index contributed by atoms with van der Waals surface area (Å²) in [7, 11) is 1.72. The molecular weight excluding hydrogens is 340 g/mol. The molecule has 6 heteroatoms. The first-order chi connectivity index (χ1) is 13.1. The van der Waals surface area contributed by atoms with Gasteiger partial charge in [0.05, 0.1) is 5.52 Å². The molecule has 0 saturated carbocycles. The molecule has 0 spiro atoms. The molecular formula is C21H24N4O2. The van der Waals surface area contributed by atoms with Crippen LogP contribution < -0.4 is 10.7 Å². The fourth-order valence-electron chi connectivity index (χ4n) is 3.46. The number of piperazine rings is 1. The largest absolute Gasteiger partial charge is 0.419 e. The van der Waals surface area contributed by atoms with E-state index >= 15 is 0 Å². The van der Waals surface area contributed by atoms with Crippen LogP contribution in [0.2, 0.25) is 0 Å². The SMILES string of the molecule is Cc1cccc(N2CCN(C/C=C/c3ccc4c(c3)oc(=O)n4C)CC2)n1. The second-order valence-electron chi connectivity index (χ2n) is 6.98. The van der Waals surface area contributed by atoms with Crippen molar-refractivity contribution in [1.82, 2.24) is 14.5 Å². The molecule has 1 aliphatic heterocycles. The van der Waals surface area contributed by atoms with Crippen molar-refractivity contribution in [2.24, 2.45) is 7.05 Å². The number of aromatic nitrogens is 2. The summed E-state index contributed by atoms with van der Waals surface area (Å²) in [5.41, 5.74) is 3.55. The highest BCUT2D eigenvalue weighted by atomic mass is 16.4. The Labute approximate surface area is 158 Å². The predicted octanol–water partition coefficient (Wildman–Crippen LogP) is 2.67. The molecule has 0 amide bonds. The van der Waals surface area contributed by atoms with Crippen LogP contribution in [0.5, 0.6) is 0 Å². The van der Waals surface area contributed by atoms with E-state index in [1.807, 2.05) is 31.2 Å². The third-order valence-electron chi connectivity index (χ3n) is 5.06. The lowest BCUT2D eigenvalue weighted by atomic mass is 10.2. The molecule has 140 valence electrons. The normalized spacial score (nSPS) is 15.9. The molecule has 3 heterocycles. The molecule has 1 aliphatic rings. The van der Waals surface area contributed by atoms with Gasteiger partial charge < -0.3 is 9.32 Å². The van der Waals surface area contributed by atoms with E-state index in [2.05, 4.69) is 39.1 Å². The molecule has 6 nitrogen and oxygen atoms in total. The zero-order valence-corrected chi connectivity index (χ0v) is 15.8. The zero-order chi connectivity index (χ0) is 18.8. The Morgan fingerprint density at radius 3 is 2.74 bits per heavy atom. The van der Waals surface area contributed by atoms with E-state index in [0.29, 0.717) is 5.58 Å². The number of rotatable bonds is 4. The first kappa shape index (κ1) is 17.5. The molecule has 0 radical (unpaired) electrons. The lowest BCUT2D eigenvalue weighted by Gasteiger charge is -2.35. The number of fused-ring (bicyclic) bond motifs is 1. The van der Waals surface area contributed by atoms with Gasteiger partial charge in [0.25, 0.3) is 0 Å². The molecule has 3 aromatic rings. The van der Waals surface area contributed by atoms with Crippen molar-refractivity contribution in [2.45, 2.75) is 6.92 Å². The van der Waals surface area contributed by atoms with Crippen LogP contribution in [-0.2, 0) is 7.05 Å². The monoisotopic (exact) mass is 364 g/mol. The van der Waals surface area contributed by atoms with Crippen LogP contribution in [0, 0.1) is 6.92 Å². The third kappa shape index (κ3) is 3.80. The Kier molecular flexibility index (Phi) is 4.81. The number of oxazole rings is 1. The Hall–Kier alpha value is -2.86. The number of benzene rings is 1. The number of nitrogens with zero attached hydrogens (tertiary/aromatic N) is 4. The van der Waals surface area contributed by atoms with Crippen LogP contribution in [0.15, 0.2) is 51.7 Å². The number of pyridine rings is 1. The van der Waals surface area contributed by atoms with Crippen LogP contribution >= 0.6 is 0 Å². The predicted molar refractivity (Wildman–Crippen MR) is 108 cm³/mol. The van der Waals surface area contributed by atoms with E-state index in [0.717, 1.165) is 55.3 Å². The molecule has 1 aromatic carbocycles. The molecule has 0 unspecified atom stereocenters. The Morgan fingerprint density at radius 1 is 1.15 bits per heavy atom. The topological polar surface area (TPSA) is 54.5 Å². The minimum absolute atomic E-state index is 0.327. The standard InChI is InChI=1S/C21H24N4O2/c1-16-5-3-7-20(22-16)25-13-11-24(12-14-25)10-4-6-17-8-9-18-19(15-17)27-21(26)23(18)2/h3-9,15H,10-14H2,1-2H3/b6-4+. The molecule has 2 aromatic heterocycles. The summed E-state index contributed by atoms with van der Waals surface area (Å²) in [6.07, 6.45) is 4.25. The highest BCUT2D eigenvalue weighted by molar-refractivity contribution is 5.76. The van der Waals surface area contributed by atoms with Crippen LogP contribution in [0.4, 0.5) is 5.82 Å². The first-order valence-electron chi connectivity index (χ1n) is 9.27. The van der Waals surface area contributed by atoms with Gasteiger partial charge in [0.15, 0.2) is 5.58 Å². The smallest absolute Gasteiger partial charge is 0.408 e. The third-order valence-corrected chi connectivity index (χ3v) is 5.06. The molecule has 27 heavy (non-hydrogen) atoms. The van der Waals surface area contributed by atoms with Crippen molar-refractivity contribution in [3.63, 3.8) is 0 Å². The van der Waals surface area contributed by atoms with Crippen LogP contribution in [0.3, 0.4) is 0 Å². The van der Waals surface area contributed by atoms with Crippen molar-refractivity contribution in [2.75, 3.05) is 37.6 Å². The number of anilines is 1. The van der Waals surface area contributed by atoms with Gasteiger partial charge in [-0.3, -0.25) is 9.47 Å². The summed E-state index contributed by atoms with van der Waals surface area (Å²) in [5.74, 6) is 0.745. The fourth-order valence-corrected chi connectivity index (χ4v) is 3.46. The van der Waals surface area contributed by atoms with Gasteiger partial charge in [0, 0.05) is 45.5 Å². The molecule has 4 rings (SSSR count). The van der Waals surface area contributed by atoms with Gasteiger partial charge in [-0.05, 0) is 36.8 Å². The van der Waals surface area contributed by atoms with Crippen LogP contribution in [-0.4, -0.2) is 47.2 Å². The second-order valence-corrected chi connectivity index (χ2v) is 6.98. The van der Waals surface area contributed by atoms with Gasteiger partial charge in [-0.2, -0.15) is 0 Å². The Morgan fingerprint density at radius 2 is 1.96 bits per heavy atom. The fraction of sp³-hybridized carbons (Fsp3) is 0.333. The quantitative estimate of drug-likeness (QED) is 0.712.